The van der Waals surface area contributed by atoms with Crippen LogP contribution in [0.2, 0.25) is 0 Å². The highest BCUT2D eigenvalue weighted by molar-refractivity contribution is 5.85. The van der Waals surface area contributed by atoms with Gasteiger partial charge in [0.2, 0.25) is 5.91 Å². The summed E-state index contributed by atoms with van der Waals surface area (Å²) in [6, 6.07) is 3.72. The van der Waals surface area contributed by atoms with E-state index in [9.17, 15) is 18.4 Å². The lowest BCUT2D eigenvalue weighted by Crippen LogP contribution is -2.34. The van der Waals surface area contributed by atoms with E-state index < -0.39 is 11.8 Å². The third-order valence-electron chi connectivity index (χ3n) is 7.86. The lowest BCUT2D eigenvalue weighted by Gasteiger charge is -2.21. The van der Waals surface area contributed by atoms with E-state index in [1.807, 2.05) is 17.0 Å². The Hall–Kier alpha value is -2.51. The number of hydrogen-bond donors (Lipinski definition) is 0. The molecule has 1 aliphatic heterocycles. The van der Waals surface area contributed by atoms with Crippen LogP contribution in [0.5, 0.6) is 0 Å². The molecule has 1 saturated heterocycles. The molecule has 3 aliphatic carbocycles. The summed E-state index contributed by atoms with van der Waals surface area (Å²) in [6.07, 6.45) is 4.95. The van der Waals surface area contributed by atoms with E-state index in [4.69, 9.17) is 4.98 Å². The first-order valence-electron chi connectivity index (χ1n) is 11.1. The van der Waals surface area contributed by atoms with Gasteiger partial charge in [0.1, 0.15) is 0 Å². The van der Waals surface area contributed by atoms with E-state index in [0.717, 1.165) is 43.6 Å². The van der Waals surface area contributed by atoms with Gasteiger partial charge in [-0.2, -0.15) is 0 Å². The number of pyridine rings is 1. The van der Waals surface area contributed by atoms with Crippen LogP contribution in [-0.2, 0) is 18.4 Å². The van der Waals surface area contributed by atoms with Gasteiger partial charge in [-0.05, 0) is 48.8 Å². The molecule has 3 heterocycles. The molecule has 8 heteroatoms. The average molecular weight is 428 g/mol. The Morgan fingerprint density at radius 3 is 2.65 bits per heavy atom. The predicted octanol–water partition coefficient (Wildman–Crippen LogP) is 3.05. The minimum atomic E-state index is -2.66. The maximum absolute atomic E-state index is 13.4. The summed E-state index contributed by atoms with van der Waals surface area (Å²) >= 11 is 0. The summed E-state index contributed by atoms with van der Waals surface area (Å²) < 4.78 is 29.6. The number of hydrogen-bond acceptors (Lipinski definition) is 3. The molecule has 6 nitrogen and oxygen atoms in total. The number of rotatable bonds is 4. The number of likely N-dealkylation sites (tertiary alicyclic amines) is 1. The van der Waals surface area contributed by atoms with Gasteiger partial charge in [-0.1, -0.05) is 13.0 Å². The van der Waals surface area contributed by atoms with Crippen LogP contribution in [0.1, 0.15) is 38.3 Å². The van der Waals surface area contributed by atoms with Gasteiger partial charge < -0.3 is 4.90 Å². The zero-order valence-electron chi connectivity index (χ0n) is 17.8. The number of halogens is 2. The maximum atomic E-state index is 13.4. The fraction of sp³-hybridized carbons (Fsp3) is 0.609. The Bertz CT molecular complexity index is 1210. The Balaban J connectivity index is 1.25. The third-order valence-corrected chi connectivity index (χ3v) is 7.86. The number of aryl methyl sites for hydroxylation is 1. The van der Waals surface area contributed by atoms with Crippen molar-refractivity contribution in [2.24, 2.45) is 30.2 Å². The number of carbonyl (C=O) groups is 1. The van der Waals surface area contributed by atoms with E-state index in [0.29, 0.717) is 28.9 Å². The molecular formula is C23H26F2N4O2. The first kappa shape index (κ1) is 19.2. The van der Waals surface area contributed by atoms with E-state index in [2.05, 4.69) is 13.0 Å². The summed E-state index contributed by atoms with van der Waals surface area (Å²) in [4.78, 5) is 32.1. The van der Waals surface area contributed by atoms with Crippen LogP contribution in [0.25, 0.3) is 16.7 Å². The third kappa shape index (κ3) is 2.90. The van der Waals surface area contributed by atoms with Gasteiger partial charge in [-0.25, -0.2) is 18.6 Å². The Labute approximate surface area is 178 Å². The first-order chi connectivity index (χ1) is 14.7. The highest BCUT2D eigenvalue weighted by Gasteiger charge is 2.57. The van der Waals surface area contributed by atoms with Crippen molar-refractivity contribution in [3.63, 3.8) is 0 Å². The molecular weight excluding hydrogens is 402 g/mol. The highest BCUT2D eigenvalue weighted by Crippen LogP contribution is 2.50. The van der Waals surface area contributed by atoms with Crippen LogP contribution in [0.15, 0.2) is 23.0 Å². The minimum absolute atomic E-state index is 0.0276. The lowest BCUT2D eigenvalue weighted by molar-refractivity contribution is -0.135. The number of nitrogens with zero attached hydrogens (tertiary/aromatic N) is 4. The molecule has 0 aromatic carbocycles. The smallest absolute Gasteiger partial charge is 0.330 e. The molecule has 2 aromatic heterocycles. The molecule has 4 aliphatic rings. The van der Waals surface area contributed by atoms with Crippen molar-refractivity contribution in [2.75, 3.05) is 13.1 Å². The molecule has 1 amide bonds. The lowest BCUT2D eigenvalue weighted by atomic mass is 9.99. The predicted molar refractivity (Wildman–Crippen MR) is 112 cm³/mol. The van der Waals surface area contributed by atoms with Gasteiger partial charge in [0, 0.05) is 44.4 Å². The number of alkyl halides is 2. The van der Waals surface area contributed by atoms with Gasteiger partial charge in [0.15, 0.2) is 5.65 Å². The van der Waals surface area contributed by atoms with Crippen molar-refractivity contribution in [2.45, 2.75) is 45.1 Å². The van der Waals surface area contributed by atoms with Crippen LogP contribution in [0, 0.1) is 23.2 Å². The summed E-state index contributed by atoms with van der Waals surface area (Å²) in [5.41, 5.74) is 2.69. The van der Waals surface area contributed by atoms with E-state index in [-0.39, 0.29) is 24.1 Å². The standard InChI is InChI=1S/C23H26F2N4O2/c1-22(5-6-22)20(30)28-10-14-7-13(8-15(14)11-28)17-3-4-18-19(26-17)27(2)21(31)29(18)12-16-9-23(16,24)25/h3-4,7,14-16H,5-6,8-12H2,1-2H3. The molecule has 2 saturated carbocycles. The van der Waals surface area contributed by atoms with Crippen LogP contribution in [0.3, 0.4) is 0 Å². The molecule has 3 fully saturated rings. The monoisotopic (exact) mass is 428 g/mol. The van der Waals surface area contributed by atoms with Crippen LogP contribution >= 0.6 is 0 Å². The second-order valence-corrected chi connectivity index (χ2v) is 10.2. The number of fused-ring (bicyclic) bond motifs is 2. The Morgan fingerprint density at radius 2 is 2.00 bits per heavy atom. The largest absolute Gasteiger partial charge is 0.341 e. The fourth-order valence-corrected chi connectivity index (χ4v) is 5.37. The normalized spacial score (nSPS) is 29.9. The quantitative estimate of drug-likeness (QED) is 0.752. The SMILES string of the molecule is Cn1c(=O)n(CC2CC2(F)F)c2ccc(C3=CC4CN(C(=O)C5(C)CC5)CC4C3)nc21. The van der Waals surface area contributed by atoms with Gasteiger partial charge in [-0.15, -0.1) is 0 Å². The molecule has 3 unspecified atom stereocenters. The molecule has 0 spiro atoms. The van der Waals surface area contributed by atoms with Crippen molar-refractivity contribution in [3.8, 4) is 0 Å². The molecule has 2 aromatic rings. The maximum Gasteiger partial charge on any atom is 0.330 e. The molecule has 31 heavy (non-hydrogen) atoms. The topological polar surface area (TPSA) is 60.1 Å². The van der Waals surface area contributed by atoms with Crippen molar-refractivity contribution in [3.05, 3.63) is 34.4 Å². The van der Waals surface area contributed by atoms with Gasteiger partial charge in [-0.3, -0.25) is 13.9 Å². The molecule has 3 atom stereocenters. The molecule has 0 bridgehead atoms. The van der Waals surface area contributed by atoms with Crippen LogP contribution < -0.4 is 5.69 Å². The van der Waals surface area contributed by atoms with Gasteiger partial charge in [0.25, 0.3) is 5.92 Å². The second-order valence-electron chi connectivity index (χ2n) is 10.2. The molecule has 0 radical (unpaired) electrons. The summed E-state index contributed by atoms with van der Waals surface area (Å²) in [5, 5.41) is 0. The number of aromatic nitrogens is 3. The van der Waals surface area contributed by atoms with E-state index >= 15 is 0 Å². The van der Waals surface area contributed by atoms with Crippen molar-refractivity contribution in [1.82, 2.24) is 19.0 Å². The second kappa shape index (κ2) is 6.04. The summed E-state index contributed by atoms with van der Waals surface area (Å²) in [5.74, 6) is -2.35. The van der Waals surface area contributed by atoms with Crippen molar-refractivity contribution < 1.29 is 13.6 Å². The Morgan fingerprint density at radius 1 is 1.26 bits per heavy atom. The average Bonchev–Trinajstić information content (AvgIpc) is 3.43. The number of imidazole rings is 1. The first-order valence-corrected chi connectivity index (χ1v) is 11.1. The van der Waals surface area contributed by atoms with E-state index in [1.54, 1.807) is 7.05 Å². The zero-order valence-corrected chi connectivity index (χ0v) is 17.8. The van der Waals surface area contributed by atoms with E-state index in [1.165, 1.54) is 9.13 Å². The fourth-order valence-electron chi connectivity index (χ4n) is 5.37. The zero-order chi connectivity index (χ0) is 21.7. The Kier molecular flexibility index (Phi) is 3.74. The minimum Gasteiger partial charge on any atom is -0.341 e. The van der Waals surface area contributed by atoms with Crippen molar-refractivity contribution in [1.29, 1.82) is 0 Å². The summed E-state index contributed by atoms with van der Waals surface area (Å²) in [6.45, 7) is 3.66. The molecule has 6 rings (SSSR count). The number of amides is 1. The van der Waals surface area contributed by atoms with Crippen molar-refractivity contribution >= 4 is 22.6 Å². The molecule has 164 valence electrons. The van der Waals surface area contributed by atoms with Gasteiger partial charge in [0.05, 0.1) is 11.2 Å². The van der Waals surface area contributed by atoms with Crippen LogP contribution in [-0.4, -0.2) is 43.9 Å². The van der Waals surface area contributed by atoms with Crippen LogP contribution in [0.4, 0.5) is 8.78 Å². The van der Waals surface area contributed by atoms with Gasteiger partial charge >= 0.3 is 5.69 Å². The number of carbonyl (C=O) groups excluding carboxylic acids is 1. The number of allylic oxidation sites excluding steroid dienone is 1. The molecule has 0 N–H and O–H groups in total. The summed E-state index contributed by atoms with van der Waals surface area (Å²) in [7, 11) is 1.64. The highest BCUT2D eigenvalue weighted by atomic mass is 19.3.